The molecule has 0 amide bonds. The number of aliphatic hydroxyl groups is 1. The molecular weight excluding hydrogens is 288 g/mol. The van der Waals surface area contributed by atoms with E-state index in [-0.39, 0.29) is 0 Å². The Morgan fingerprint density at radius 1 is 1.41 bits per heavy atom. The van der Waals surface area contributed by atoms with Crippen molar-refractivity contribution in [1.82, 2.24) is 0 Å². The van der Waals surface area contributed by atoms with Gasteiger partial charge in [-0.15, -0.1) is 0 Å². The SMILES string of the molecule is COC(=O)C(C)Oc1ccc(Br)cc1[C@H](C)O. The highest BCUT2D eigenvalue weighted by molar-refractivity contribution is 9.10. The maximum atomic E-state index is 11.2. The molecule has 0 aliphatic carbocycles. The van der Waals surface area contributed by atoms with Crippen molar-refractivity contribution in [2.45, 2.75) is 26.1 Å². The van der Waals surface area contributed by atoms with Crippen LogP contribution in [0, 0.1) is 0 Å². The Hall–Kier alpha value is -1.07. The third-order valence-electron chi connectivity index (χ3n) is 2.26. The molecule has 94 valence electrons. The second-order valence-corrected chi connectivity index (χ2v) is 4.56. The number of aliphatic hydroxyl groups excluding tert-OH is 1. The molecule has 0 saturated heterocycles. The van der Waals surface area contributed by atoms with Gasteiger partial charge in [0.2, 0.25) is 0 Å². The van der Waals surface area contributed by atoms with Crippen LogP contribution < -0.4 is 4.74 Å². The Labute approximate surface area is 109 Å². The molecule has 0 radical (unpaired) electrons. The van der Waals surface area contributed by atoms with Crippen LogP contribution in [-0.4, -0.2) is 24.3 Å². The maximum absolute atomic E-state index is 11.2. The fraction of sp³-hybridized carbons (Fsp3) is 0.417. The van der Waals surface area contributed by atoms with Crippen molar-refractivity contribution in [3.8, 4) is 5.75 Å². The summed E-state index contributed by atoms with van der Waals surface area (Å²) in [6.45, 7) is 3.23. The molecular formula is C12H15BrO4. The number of halogens is 1. The van der Waals surface area contributed by atoms with Crippen LogP contribution in [0.15, 0.2) is 22.7 Å². The molecule has 17 heavy (non-hydrogen) atoms. The molecule has 1 aromatic rings. The standard InChI is InChI=1S/C12H15BrO4/c1-7(14)10-6-9(13)4-5-11(10)17-8(2)12(15)16-3/h4-8,14H,1-3H3/t7-,8?/m0/s1. The minimum atomic E-state index is -0.710. The van der Waals surface area contributed by atoms with Gasteiger partial charge in [-0.3, -0.25) is 0 Å². The summed E-state index contributed by atoms with van der Waals surface area (Å²) in [6.07, 6.45) is -1.38. The molecule has 4 nitrogen and oxygen atoms in total. The van der Waals surface area contributed by atoms with Gasteiger partial charge in [0.15, 0.2) is 6.10 Å². The number of carbonyl (C=O) groups is 1. The fourth-order valence-corrected chi connectivity index (χ4v) is 1.74. The average molecular weight is 303 g/mol. The number of esters is 1. The fourth-order valence-electron chi connectivity index (χ4n) is 1.36. The Bertz CT molecular complexity index is 403. The van der Waals surface area contributed by atoms with Gasteiger partial charge in [-0.1, -0.05) is 15.9 Å². The lowest BCUT2D eigenvalue weighted by Gasteiger charge is -2.17. The summed E-state index contributed by atoms with van der Waals surface area (Å²) >= 11 is 3.32. The molecule has 1 unspecified atom stereocenters. The van der Waals surface area contributed by atoms with Gasteiger partial charge in [0.05, 0.1) is 13.2 Å². The molecule has 0 heterocycles. The minimum absolute atomic E-state index is 0.454. The highest BCUT2D eigenvalue weighted by Crippen LogP contribution is 2.29. The Kier molecular flexibility index (Phi) is 4.96. The van der Waals surface area contributed by atoms with E-state index in [4.69, 9.17) is 4.74 Å². The van der Waals surface area contributed by atoms with E-state index in [0.29, 0.717) is 11.3 Å². The Balaban J connectivity index is 2.94. The lowest BCUT2D eigenvalue weighted by atomic mass is 10.1. The molecule has 0 saturated carbocycles. The minimum Gasteiger partial charge on any atom is -0.479 e. The molecule has 0 bridgehead atoms. The number of ether oxygens (including phenoxy) is 2. The van der Waals surface area contributed by atoms with E-state index < -0.39 is 18.2 Å². The zero-order chi connectivity index (χ0) is 13.0. The lowest BCUT2D eigenvalue weighted by molar-refractivity contribution is -0.147. The molecule has 0 fully saturated rings. The topological polar surface area (TPSA) is 55.8 Å². The van der Waals surface area contributed by atoms with Crippen molar-refractivity contribution >= 4 is 21.9 Å². The van der Waals surface area contributed by atoms with Crippen molar-refractivity contribution in [3.63, 3.8) is 0 Å². The third-order valence-corrected chi connectivity index (χ3v) is 2.75. The van der Waals surface area contributed by atoms with Gasteiger partial charge in [-0.2, -0.15) is 0 Å². The van der Waals surface area contributed by atoms with Gasteiger partial charge in [0.25, 0.3) is 0 Å². The van der Waals surface area contributed by atoms with Gasteiger partial charge in [0.1, 0.15) is 5.75 Å². The summed E-state index contributed by atoms with van der Waals surface area (Å²) in [6, 6.07) is 5.24. The molecule has 0 aliphatic rings. The van der Waals surface area contributed by atoms with Gasteiger partial charge in [0, 0.05) is 10.0 Å². The maximum Gasteiger partial charge on any atom is 0.346 e. The van der Waals surface area contributed by atoms with Crippen molar-refractivity contribution in [3.05, 3.63) is 28.2 Å². The van der Waals surface area contributed by atoms with Gasteiger partial charge in [-0.25, -0.2) is 4.79 Å². The predicted molar refractivity (Wildman–Crippen MR) is 66.9 cm³/mol. The largest absolute Gasteiger partial charge is 0.479 e. The molecule has 0 aliphatic heterocycles. The quantitative estimate of drug-likeness (QED) is 0.868. The van der Waals surface area contributed by atoms with E-state index in [0.717, 1.165) is 4.47 Å². The normalized spacial score (nSPS) is 13.9. The second kappa shape index (κ2) is 6.02. The summed E-state index contributed by atoms with van der Waals surface area (Å²) in [7, 11) is 1.30. The van der Waals surface area contributed by atoms with E-state index in [1.54, 1.807) is 32.0 Å². The van der Waals surface area contributed by atoms with E-state index in [1.807, 2.05) is 0 Å². The molecule has 1 aromatic carbocycles. The second-order valence-electron chi connectivity index (χ2n) is 3.64. The van der Waals surface area contributed by atoms with E-state index in [9.17, 15) is 9.90 Å². The monoisotopic (exact) mass is 302 g/mol. The highest BCUT2D eigenvalue weighted by atomic mass is 79.9. The molecule has 5 heteroatoms. The zero-order valence-corrected chi connectivity index (χ0v) is 11.5. The summed E-state index contributed by atoms with van der Waals surface area (Å²) in [4.78, 5) is 11.2. The first-order valence-corrected chi connectivity index (χ1v) is 5.97. The van der Waals surface area contributed by atoms with E-state index in [2.05, 4.69) is 20.7 Å². The summed E-state index contributed by atoms with van der Waals surface area (Å²) in [5.41, 5.74) is 0.620. The third kappa shape index (κ3) is 3.71. The van der Waals surface area contributed by atoms with Crippen molar-refractivity contribution in [1.29, 1.82) is 0 Å². The van der Waals surface area contributed by atoms with Crippen LogP contribution >= 0.6 is 15.9 Å². The highest BCUT2D eigenvalue weighted by Gasteiger charge is 2.18. The lowest BCUT2D eigenvalue weighted by Crippen LogP contribution is -2.25. The van der Waals surface area contributed by atoms with Gasteiger partial charge < -0.3 is 14.6 Å². The molecule has 1 rings (SSSR count). The average Bonchev–Trinajstić information content (AvgIpc) is 2.29. The van der Waals surface area contributed by atoms with Gasteiger partial charge in [-0.05, 0) is 32.0 Å². The van der Waals surface area contributed by atoms with Crippen molar-refractivity contribution in [2.24, 2.45) is 0 Å². The van der Waals surface area contributed by atoms with E-state index in [1.165, 1.54) is 7.11 Å². The van der Waals surface area contributed by atoms with Crippen LogP contribution in [0.2, 0.25) is 0 Å². The van der Waals surface area contributed by atoms with Crippen molar-refractivity contribution in [2.75, 3.05) is 7.11 Å². The van der Waals surface area contributed by atoms with Gasteiger partial charge >= 0.3 is 5.97 Å². The molecule has 0 spiro atoms. The first-order valence-electron chi connectivity index (χ1n) is 5.17. The number of hydrogen-bond acceptors (Lipinski definition) is 4. The first kappa shape index (κ1) is 14.0. The number of hydrogen-bond donors (Lipinski definition) is 1. The van der Waals surface area contributed by atoms with Crippen LogP contribution in [0.3, 0.4) is 0 Å². The molecule has 2 atom stereocenters. The van der Waals surface area contributed by atoms with Crippen LogP contribution in [0.4, 0.5) is 0 Å². The van der Waals surface area contributed by atoms with Crippen molar-refractivity contribution < 1.29 is 19.4 Å². The number of carbonyl (C=O) groups excluding carboxylic acids is 1. The Morgan fingerprint density at radius 2 is 2.06 bits per heavy atom. The van der Waals surface area contributed by atoms with E-state index >= 15 is 0 Å². The molecule has 1 N–H and O–H groups in total. The molecule has 0 aromatic heterocycles. The van der Waals surface area contributed by atoms with Crippen LogP contribution in [0.5, 0.6) is 5.75 Å². The Morgan fingerprint density at radius 3 is 2.59 bits per heavy atom. The zero-order valence-electron chi connectivity index (χ0n) is 9.94. The number of methoxy groups -OCH3 is 1. The number of benzene rings is 1. The predicted octanol–water partition coefficient (Wildman–Crippen LogP) is 2.44. The summed E-state index contributed by atoms with van der Waals surface area (Å²) in [5.74, 6) is 0.0190. The summed E-state index contributed by atoms with van der Waals surface area (Å²) in [5, 5.41) is 9.62. The first-order chi connectivity index (χ1) is 7.95. The van der Waals surface area contributed by atoms with Crippen LogP contribution in [0.25, 0.3) is 0 Å². The van der Waals surface area contributed by atoms with Crippen LogP contribution in [0.1, 0.15) is 25.5 Å². The summed E-state index contributed by atoms with van der Waals surface area (Å²) < 4.78 is 10.9. The number of rotatable bonds is 4. The smallest absolute Gasteiger partial charge is 0.346 e. The van der Waals surface area contributed by atoms with Crippen LogP contribution in [-0.2, 0) is 9.53 Å².